The maximum atomic E-state index is 6.11. The normalized spacial score (nSPS) is 11.3. The number of nitrogens with two attached hydrogens (primary N) is 1. The Morgan fingerprint density at radius 1 is 1.25 bits per heavy atom. The van der Waals surface area contributed by atoms with Gasteiger partial charge in [0.1, 0.15) is 0 Å². The van der Waals surface area contributed by atoms with Gasteiger partial charge in [-0.3, -0.25) is 9.88 Å². The van der Waals surface area contributed by atoms with E-state index in [1.165, 1.54) is 0 Å². The number of fused-ring (bicyclic) bond motifs is 1. The minimum absolute atomic E-state index is 0.757. The van der Waals surface area contributed by atoms with Crippen LogP contribution in [0.25, 0.3) is 10.9 Å². The van der Waals surface area contributed by atoms with Gasteiger partial charge in [0, 0.05) is 30.8 Å². The van der Waals surface area contributed by atoms with Gasteiger partial charge in [-0.1, -0.05) is 25.1 Å². The number of rotatable bonds is 7. The van der Waals surface area contributed by atoms with Crippen molar-refractivity contribution >= 4 is 16.6 Å². The lowest BCUT2D eigenvalue weighted by Crippen LogP contribution is -2.27. The van der Waals surface area contributed by atoms with Crippen molar-refractivity contribution < 1.29 is 4.74 Å². The summed E-state index contributed by atoms with van der Waals surface area (Å²) in [5.74, 6) is 0. The highest BCUT2D eigenvalue weighted by Crippen LogP contribution is 2.20. The van der Waals surface area contributed by atoms with Crippen LogP contribution in [0.15, 0.2) is 30.3 Å². The zero-order valence-corrected chi connectivity index (χ0v) is 12.3. The molecule has 4 nitrogen and oxygen atoms in total. The molecule has 0 bridgehead atoms. The highest BCUT2D eigenvalue weighted by molar-refractivity contribution is 5.90. The van der Waals surface area contributed by atoms with Crippen LogP contribution in [0.1, 0.15) is 19.5 Å². The first-order valence-electron chi connectivity index (χ1n) is 7.18. The van der Waals surface area contributed by atoms with Gasteiger partial charge in [0.25, 0.3) is 0 Å². The Balaban J connectivity index is 2.11. The molecule has 20 heavy (non-hydrogen) atoms. The molecule has 108 valence electrons. The van der Waals surface area contributed by atoms with Crippen LogP contribution in [-0.2, 0) is 11.3 Å². The van der Waals surface area contributed by atoms with Gasteiger partial charge in [-0.2, -0.15) is 0 Å². The Labute approximate surface area is 120 Å². The second-order valence-electron chi connectivity index (χ2n) is 4.79. The van der Waals surface area contributed by atoms with E-state index in [0.717, 1.165) is 55.1 Å². The Morgan fingerprint density at radius 2 is 2.05 bits per heavy atom. The van der Waals surface area contributed by atoms with Crippen LogP contribution in [0.2, 0.25) is 0 Å². The summed E-state index contributed by atoms with van der Waals surface area (Å²) in [4.78, 5) is 7.00. The lowest BCUT2D eigenvalue weighted by atomic mass is 10.1. The van der Waals surface area contributed by atoms with Gasteiger partial charge in [0.05, 0.1) is 17.8 Å². The molecule has 1 aromatic heterocycles. The molecule has 1 heterocycles. The molecule has 0 radical (unpaired) electrons. The quantitative estimate of drug-likeness (QED) is 0.788. The first-order valence-corrected chi connectivity index (χ1v) is 7.18. The molecule has 0 spiro atoms. The number of aromatic nitrogens is 1. The number of para-hydroxylation sites is 1. The predicted octanol–water partition coefficient (Wildman–Crippen LogP) is 2.68. The Morgan fingerprint density at radius 3 is 2.80 bits per heavy atom. The summed E-state index contributed by atoms with van der Waals surface area (Å²) in [5.41, 5.74) is 8.89. The second-order valence-corrected chi connectivity index (χ2v) is 4.79. The third kappa shape index (κ3) is 3.68. The van der Waals surface area contributed by atoms with Gasteiger partial charge in [-0.25, -0.2) is 0 Å². The van der Waals surface area contributed by atoms with Crippen LogP contribution >= 0.6 is 0 Å². The molecule has 0 aliphatic carbocycles. The van der Waals surface area contributed by atoms with Gasteiger partial charge in [0.2, 0.25) is 0 Å². The maximum Gasteiger partial charge on any atom is 0.0726 e. The van der Waals surface area contributed by atoms with E-state index in [-0.39, 0.29) is 0 Å². The highest BCUT2D eigenvalue weighted by Gasteiger charge is 2.07. The summed E-state index contributed by atoms with van der Waals surface area (Å²) in [7, 11) is 0. The average Bonchev–Trinajstić information content (AvgIpc) is 2.46. The van der Waals surface area contributed by atoms with Crippen molar-refractivity contribution in [2.24, 2.45) is 0 Å². The van der Waals surface area contributed by atoms with E-state index in [2.05, 4.69) is 16.8 Å². The number of nitrogens with zero attached hydrogens (tertiary/aromatic N) is 2. The second kappa shape index (κ2) is 7.22. The maximum absolute atomic E-state index is 6.11. The van der Waals surface area contributed by atoms with Gasteiger partial charge < -0.3 is 10.5 Å². The number of anilines is 1. The lowest BCUT2D eigenvalue weighted by molar-refractivity contribution is 0.112. The first-order chi connectivity index (χ1) is 9.74. The molecule has 0 saturated heterocycles. The molecule has 0 aliphatic rings. The molecule has 1 aromatic carbocycles. The smallest absolute Gasteiger partial charge is 0.0726 e. The molecule has 0 amide bonds. The summed E-state index contributed by atoms with van der Waals surface area (Å²) in [5, 5.41) is 1.02. The van der Waals surface area contributed by atoms with Gasteiger partial charge in [-0.15, -0.1) is 0 Å². The van der Waals surface area contributed by atoms with Gasteiger partial charge in [0.15, 0.2) is 0 Å². The molecule has 0 atom stereocenters. The van der Waals surface area contributed by atoms with E-state index in [0.29, 0.717) is 0 Å². The number of benzene rings is 1. The number of hydrogen-bond acceptors (Lipinski definition) is 4. The summed E-state index contributed by atoms with van der Waals surface area (Å²) in [6.07, 6.45) is 0. The van der Waals surface area contributed by atoms with E-state index in [1.807, 2.05) is 37.3 Å². The Hall–Kier alpha value is -1.65. The van der Waals surface area contributed by atoms with Crippen LogP contribution in [0.5, 0.6) is 0 Å². The molecule has 0 unspecified atom stereocenters. The number of likely N-dealkylation sites (N-methyl/N-ethyl adjacent to an activating group) is 1. The SMILES string of the molecule is CCOCCN(CC)Cc1cc(N)c2ccccc2n1. The molecule has 2 aromatic rings. The predicted molar refractivity (Wildman–Crippen MR) is 83.6 cm³/mol. The van der Waals surface area contributed by atoms with Crippen molar-refractivity contribution in [3.05, 3.63) is 36.0 Å². The molecule has 0 saturated carbocycles. The monoisotopic (exact) mass is 273 g/mol. The number of ether oxygens (including phenoxy) is 1. The van der Waals surface area contributed by atoms with E-state index in [1.54, 1.807) is 0 Å². The van der Waals surface area contributed by atoms with Crippen LogP contribution in [0.4, 0.5) is 5.69 Å². The van der Waals surface area contributed by atoms with Crippen molar-refractivity contribution in [1.82, 2.24) is 9.88 Å². The molecule has 2 rings (SSSR count). The fourth-order valence-electron chi connectivity index (χ4n) is 2.26. The first kappa shape index (κ1) is 14.8. The summed E-state index contributed by atoms with van der Waals surface area (Å²) in [6.45, 7) is 8.38. The van der Waals surface area contributed by atoms with Crippen LogP contribution in [0.3, 0.4) is 0 Å². The lowest BCUT2D eigenvalue weighted by Gasteiger charge is -2.20. The minimum atomic E-state index is 0.757. The Kier molecular flexibility index (Phi) is 5.32. The van der Waals surface area contributed by atoms with E-state index < -0.39 is 0 Å². The fourth-order valence-corrected chi connectivity index (χ4v) is 2.26. The average molecular weight is 273 g/mol. The van der Waals surface area contributed by atoms with Crippen molar-refractivity contribution in [1.29, 1.82) is 0 Å². The fraction of sp³-hybridized carbons (Fsp3) is 0.438. The third-order valence-electron chi connectivity index (χ3n) is 3.39. The molecular weight excluding hydrogens is 250 g/mol. The zero-order valence-electron chi connectivity index (χ0n) is 12.3. The summed E-state index contributed by atoms with van der Waals surface area (Å²) < 4.78 is 5.41. The van der Waals surface area contributed by atoms with Gasteiger partial charge >= 0.3 is 0 Å². The molecular formula is C16H23N3O. The summed E-state index contributed by atoms with van der Waals surface area (Å²) >= 11 is 0. The highest BCUT2D eigenvalue weighted by atomic mass is 16.5. The van der Waals surface area contributed by atoms with Crippen molar-refractivity contribution in [3.63, 3.8) is 0 Å². The molecule has 0 aliphatic heterocycles. The van der Waals surface area contributed by atoms with Crippen LogP contribution in [0, 0.1) is 0 Å². The number of nitrogen functional groups attached to an aromatic ring is 1. The van der Waals surface area contributed by atoms with Crippen LogP contribution in [-0.4, -0.2) is 36.2 Å². The number of hydrogen-bond donors (Lipinski definition) is 1. The standard InChI is InChI=1S/C16H23N3O/c1-3-19(9-10-20-4-2)12-13-11-15(17)14-7-5-6-8-16(14)18-13/h5-8,11H,3-4,9-10,12H2,1-2H3,(H2,17,18). The topological polar surface area (TPSA) is 51.4 Å². The van der Waals surface area contributed by atoms with E-state index in [9.17, 15) is 0 Å². The van der Waals surface area contributed by atoms with Crippen molar-refractivity contribution in [3.8, 4) is 0 Å². The molecule has 4 heteroatoms. The minimum Gasteiger partial charge on any atom is -0.398 e. The largest absolute Gasteiger partial charge is 0.398 e. The van der Waals surface area contributed by atoms with Crippen molar-refractivity contribution in [2.45, 2.75) is 20.4 Å². The van der Waals surface area contributed by atoms with Crippen molar-refractivity contribution in [2.75, 3.05) is 32.0 Å². The van der Waals surface area contributed by atoms with E-state index in [4.69, 9.17) is 10.5 Å². The van der Waals surface area contributed by atoms with Gasteiger partial charge in [-0.05, 0) is 25.6 Å². The molecule has 2 N–H and O–H groups in total. The third-order valence-corrected chi connectivity index (χ3v) is 3.39. The Bertz CT molecular complexity index is 556. The van der Waals surface area contributed by atoms with E-state index >= 15 is 0 Å². The summed E-state index contributed by atoms with van der Waals surface area (Å²) in [6, 6.07) is 9.97. The molecule has 0 fully saturated rings. The number of pyridine rings is 1. The zero-order chi connectivity index (χ0) is 14.4. The van der Waals surface area contributed by atoms with Crippen LogP contribution < -0.4 is 5.73 Å².